The van der Waals surface area contributed by atoms with Crippen molar-refractivity contribution in [1.29, 1.82) is 0 Å². The Bertz CT molecular complexity index is 451. The molecule has 1 saturated heterocycles. The van der Waals surface area contributed by atoms with E-state index in [1.807, 2.05) is 17.1 Å². The van der Waals surface area contributed by atoms with Crippen molar-refractivity contribution < 1.29 is 9.53 Å². The number of rotatable bonds is 4. The molecule has 0 aromatic carbocycles. The Hall–Kier alpha value is -2.01. The molecule has 0 N–H and O–H groups in total. The van der Waals surface area contributed by atoms with Crippen molar-refractivity contribution in [1.82, 2.24) is 9.99 Å². The van der Waals surface area contributed by atoms with Gasteiger partial charge < -0.3 is 4.74 Å². The molecule has 0 aliphatic carbocycles. The molecule has 5 nitrogen and oxygen atoms in total. The molecule has 0 unspecified atom stereocenters. The number of hydrogen-bond donors (Lipinski definition) is 0. The summed E-state index contributed by atoms with van der Waals surface area (Å²) >= 11 is 0. The summed E-state index contributed by atoms with van der Waals surface area (Å²) in [5, 5.41) is 6.11. The van der Waals surface area contributed by atoms with Gasteiger partial charge in [-0.05, 0) is 12.1 Å². The van der Waals surface area contributed by atoms with Gasteiger partial charge >= 0.3 is 0 Å². The molecule has 1 aromatic heterocycles. The summed E-state index contributed by atoms with van der Waals surface area (Å²) in [6.07, 6.45) is 2.38. The standard InChI is InChI=1S/C13H15N3O2/c1-11(12-4-2-3-5-14-12)13(10-17)15-16-6-8-18-9-7-16/h2-5,10H,1,6-9H2/b15-13-. The maximum atomic E-state index is 11.1. The number of hydrazone groups is 1. The molecule has 0 saturated carbocycles. The van der Waals surface area contributed by atoms with Crippen molar-refractivity contribution in [2.45, 2.75) is 0 Å². The van der Waals surface area contributed by atoms with E-state index in [-0.39, 0.29) is 0 Å². The SMILES string of the molecule is C=C(/C(C=O)=N\N1CCOCC1)c1ccccn1. The van der Waals surface area contributed by atoms with Crippen molar-refractivity contribution in [2.75, 3.05) is 26.3 Å². The van der Waals surface area contributed by atoms with Crippen molar-refractivity contribution in [3.8, 4) is 0 Å². The Morgan fingerprint density at radius 3 is 2.83 bits per heavy atom. The fraction of sp³-hybridized carbons (Fsp3) is 0.308. The Morgan fingerprint density at radius 2 is 2.22 bits per heavy atom. The van der Waals surface area contributed by atoms with Gasteiger partial charge in [0.1, 0.15) is 5.71 Å². The second-order valence-corrected chi connectivity index (χ2v) is 3.86. The van der Waals surface area contributed by atoms with Crippen LogP contribution in [0.5, 0.6) is 0 Å². The molecule has 1 aliphatic rings. The van der Waals surface area contributed by atoms with Crippen LogP contribution in [0, 0.1) is 0 Å². The molecule has 1 aromatic rings. The molecule has 18 heavy (non-hydrogen) atoms. The molecule has 0 radical (unpaired) electrons. The van der Waals surface area contributed by atoms with E-state index in [0.717, 1.165) is 0 Å². The van der Waals surface area contributed by atoms with Crippen LogP contribution in [0.1, 0.15) is 5.69 Å². The zero-order chi connectivity index (χ0) is 12.8. The third-order valence-electron chi connectivity index (χ3n) is 2.63. The third-order valence-corrected chi connectivity index (χ3v) is 2.63. The highest BCUT2D eigenvalue weighted by Crippen LogP contribution is 2.11. The minimum atomic E-state index is 0.315. The fourth-order valence-corrected chi connectivity index (χ4v) is 1.63. The second-order valence-electron chi connectivity index (χ2n) is 3.86. The molecule has 2 rings (SSSR count). The molecule has 0 spiro atoms. The van der Waals surface area contributed by atoms with Gasteiger partial charge in [-0.2, -0.15) is 5.10 Å². The number of pyridine rings is 1. The lowest BCUT2D eigenvalue weighted by atomic mass is 10.1. The number of ether oxygens (including phenoxy) is 1. The number of allylic oxidation sites excluding steroid dienone is 1. The smallest absolute Gasteiger partial charge is 0.170 e. The molecule has 0 atom stereocenters. The average molecular weight is 245 g/mol. The minimum absolute atomic E-state index is 0.315. The van der Waals surface area contributed by atoms with Crippen LogP contribution >= 0.6 is 0 Å². The Labute approximate surface area is 106 Å². The van der Waals surface area contributed by atoms with Crippen LogP contribution in [0.2, 0.25) is 0 Å². The molecular formula is C13H15N3O2. The number of hydrogen-bond acceptors (Lipinski definition) is 5. The first kappa shape index (κ1) is 12.4. The predicted octanol–water partition coefficient (Wildman–Crippen LogP) is 0.982. The second kappa shape index (κ2) is 6.07. The number of aldehydes is 1. The molecule has 5 heteroatoms. The largest absolute Gasteiger partial charge is 0.378 e. The molecule has 0 amide bonds. The van der Waals surface area contributed by atoms with Gasteiger partial charge in [0.2, 0.25) is 0 Å². The summed E-state index contributed by atoms with van der Waals surface area (Å²) < 4.78 is 5.23. The van der Waals surface area contributed by atoms with E-state index in [0.29, 0.717) is 49.6 Å². The predicted molar refractivity (Wildman–Crippen MR) is 69.2 cm³/mol. The van der Waals surface area contributed by atoms with E-state index in [9.17, 15) is 4.79 Å². The number of carbonyl (C=O) groups is 1. The quantitative estimate of drug-likeness (QED) is 0.586. The number of nitrogens with zero attached hydrogens (tertiary/aromatic N) is 3. The summed E-state index contributed by atoms with van der Waals surface area (Å²) in [5.74, 6) is 0. The Morgan fingerprint density at radius 1 is 1.44 bits per heavy atom. The lowest BCUT2D eigenvalue weighted by molar-refractivity contribution is -0.102. The third kappa shape index (κ3) is 3.01. The first-order chi connectivity index (χ1) is 8.81. The first-order valence-corrected chi connectivity index (χ1v) is 5.78. The van der Waals surface area contributed by atoms with E-state index < -0.39 is 0 Å². The zero-order valence-electron chi connectivity index (χ0n) is 10.1. The molecule has 1 aliphatic heterocycles. The molecular weight excluding hydrogens is 230 g/mol. The van der Waals surface area contributed by atoms with Gasteiger partial charge in [0.05, 0.1) is 32.0 Å². The van der Waals surface area contributed by atoms with Crippen LogP contribution in [-0.4, -0.2) is 48.3 Å². The van der Waals surface area contributed by atoms with Gasteiger partial charge in [0.15, 0.2) is 6.29 Å². The monoisotopic (exact) mass is 245 g/mol. The van der Waals surface area contributed by atoms with Gasteiger partial charge in [-0.1, -0.05) is 12.6 Å². The highest BCUT2D eigenvalue weighted by Gasteiger charge is 2.12. The summed E-state index contributed by atoms with van der Waals surface area (Å²) in [7, 11) is 0. The lowest BCUT2D eigenvalue weighted by Crippen LogP contribution is -2.33. The van der Waals surface area contributed by atoms with Crippen molar-refractivity contribution in [3.63, 3.8) is 0 Å². The minimum Gasteiger partial charge on any atom is -0.378 e. The van der Waals surface area contributed by atoms with Gasteiger partial charge in [-0.25, -0.2) is 0 Å². The highest BCUT2D eigenvalue weighted by atomic mass is 16.5. The Balaban J connectivity index is 2.15. The Kier molecular flexibility index (Phi) is 4.20. The maximum absolute atomic E-state index is 11.1. The van der Waals surface area contributed by atoms with E-state index in [4.69, 9.17) is 4.74 Å². The average Bonchev–Trinajstić information content (AvgIpc) is 2.46. The maximum Gasteiger partial charge on any atom is 0.170 e. The van der Waals surface area contributed by atoms with E-state index in [2.05, 4.69) is 16.7 Å². The molecule has 0 bridgehead atoms. The number of carbonyl (C=O) groups excluding carboxylic acids is 1. The van der Waals surface area contributed by atoms with Gasteiger partial charge in [-0.15, -0.1) is 0 Å². The van der Waals surface area contributed by atoms with Crippen molar-refractivity contribution in [2.24, 2.45) is 5.10 Å². The van der Waals surface area contributed by atoms with Crippen LogP contribution in [0.3, 0.4) is 0 Å². The summed E-state index contributed by atoms with van der Waals surface area (Å²) in [6, 6.07) is 5.47. The van der Waals surface area contributed by atoms with E-state index in [1.165, 1.54) is 0 Å². The summed E-state index contributed by atoms with van der Waals surface area (Å²) in [5.41, 5.74) is 1.52. The normalized spacial score (nSPS) is 16.4. The topological polar surface area (TPSA) is 54.8 Å². The number of aromatic nitrogens is 1. The molecule has 2 heterocycles. The number of morpholine rings is 1. The zero-order valence-corrected chi connectivity index (χ0v) is 10.1. The fourth-order valence-electron chi connectivity index (χ4n) is 1.63. The van der Waals surface area contributed by atoms with Crippen LogP contribution in [0.4, 0.5) is 0 Å². The van der Waals surface area contributed by atoms with Crippen molar-refractivity contribution >= 4 is 17.6 Å². The van der Waals surface area contributed by atoms with Crippen LogP contribution < -0.4 is 0 Å². The van der Waals surface area contributed by atoms with Gasteiger partial charge in [-0.3, -0.25) is 14.8 Å². The van der Waals surface area contributed by atoms with E-state index in [1.54, 1.807) is 12.3 Å². The molecule has 94 valence electrons. The van der Waals surface area contributed by atoms with Crippen molar-refractivity contribution in [3.05, 3.63) is 36.7 Å². The lowest BCUT2D eigenvalue weighted by Gasteiger charge is -2.24. The van der Waals surface area contributed by atoms with Crippen LogP contribution in [-0.2, 0) is 9.53 Å². The van der Waals surface area contributed by atoms with Crippen LogP contribution in [0.25, 0.3) is 5.57 Å². The summed E-state index contributed by atoms with van der Waals surface area (Å²) in [6.45, 7) is 6.52. The molecule has 1 fully saturated rings. The summed E-state index contributed by atoms with van der Waals surface area (Å²) in [4.78, 5) is 15.3. The van der Waals surface area contributed by atoms with Crippen LogP contribution in [0.15, 0.2) is 36.1 Å². The first-order valence-electron chi connectivity index (χ1n) is 5.78. The van der Waals surface area contributed by atoms with E-state index >= 15 is 0 Å². The highest BCUT2D eigenvalue weighted by molar-refractivity contribution is 6.48. The van der Waals surface area contributed by atoms with Gasteiger partial charge in [0.25, 0.3) is 0 Å². The van der Waals surface area contributed by atoms with Gasteiger partial charge in [0, 0.05) is 11.8 Å².